The maximum absolute atomic E-state index is 11.5. The number of alkyl carbamates (subject to hydrolysis) is 1. The fourth-order valence-corrected chi connectivity index (χ4v) is 1.82. The summed E-state index contributed by atoms with van der Waals surface area (Å²) < 4.78 is 4.96. The van der Waals surface area contributed by atoms with E-state index in [9.17, 15) is 30.0 Å². The largest absolute Gasteiger partial charge is 0.507 e. The zero-order valence-corrected chi connectivity index (χ0v) is 13.5. The lowest BCUT2D eigenvalue weighted by Crippen LogP contribution is -2.38. The second-order valence-corrected chi connectivity index (χ2v) is 6.13. The summed E-state index contributed by atoms with van der Waals surface area (Å²) in [4.78, 5) is 22.5. The first-order chi connectivity index (χ1) is 10.9. The Hall–Kier alpha value is -2.52. The van der Waals surface area contributed by atoms with Crippen LogP contribution in [0.4, 0.5) is 4.79 Å². The van der Waals surface area contributed by atoms with Crippen molar-refractivity contribution in [1.82, 2.24) is 5.32 Å². The molecular formula is C15H21NO8. The minimum atomic E-state index is -1.70. The molecule has 2 atom stereocenters. The van der Waals surface area contributed by atoms with E-state index >= 15 is 0 Å². The molecule has 9 heteroatoms. The fraction of sp³-hybridized carbons (Fsp3) is 0.467. The molecule has 0 saturated carbocycles. The van der Waals surface area contributed by atoms with Crippen LogP contribution in [0.3, 0.4) is 0 Å². The first-order valence-corrected chi connectivity index (χ1v) is 7.04. The molecule has 0 saturated heterocycles. The Labute approximate surface area is 138 Å². The van der Waals surface area contributed by atoms with Crippen LogP contribution in [0.25, 0.3) is 0 Å². The minimum absolute atomic E-state index is 0.302. The fourth-order valence-electron chi connectivity index (χ4n) is 1.82. The lowest BCUT2D eigenvalue weighted by molar-refractivity contribution is 0.0119. The number of aliphatic hydroxyl groups excluding tert-OH is 2. The third-order valence-electron chi connectivity index (χ3n) is 2.91. The first kappa shape index (κ1) is 19.5. The van der Waals surface area contributed by atoms with Crippen molar-refractivity contribution in [2.45, 2.75) is 38.6 Å². The third kappa shape index (κ3) is 5.28. The van der Waals surface area contributed by atoms with Crippen molar-refractivity contribution in [1.29, 1.82) is 0 Å². The van der Waals surface area contributed by atoms with Crippen LogP contribution in [0.1, 0.15) is 42.8 Å². The van der Waals surface area contributed by atoms with E-state index in [1.807, 2.05) is 0 Å². The van der Waals surface area contributed by atoms with Gasteiger partial charge in [0.15, 0.2) is 0 Å². The van der Waals surface area contributed by atoms with Crippen molar-refractivity contribution in [2.75, 3.05) is 6.54 Å². The Morgan fingerprint density at radius 1 is 1.17 bits per heavy atom. The van der Waals surface area contributed by atoms with Crippen molar-refractivity contribution in [3.8, 4) is 11.5 Å². The number of carbonyl (C=O) groups excluding carboxylic acids is 1. The lowest BCUT2D eigenvalue weighted by Gasteiger charge is -2.22. The van der Waals surface area contributed by atoms with E-state index in [-0.39, 0.29) is 5.56 Å². The van der Waals surface area contributed by atoms with Gasteiger partial charge in [0.1, 0.15) is 34.9 Å². The van der Waals surface area contributed by atoms with E-state index in [1.54, 1.807) is 20.8 Å². The van der Waals surface area contributed by atoms with Gasteiger partial charge in [0, 0.05) is 18.2 Å². The van der Waals surface area contributed by atoms with Gasteiger partial charge in [-0.2, -0.15) is 0 Å². The van der Waals surface area contributed by atoms with Crippen molar-refractivity contribution >= 4 is 12.1 Å². The number of benzene rings is 1. The number of hydrogen-bond acceptors (Lipinski definition) is 7. The molecule has 0 radical (unpaired) electrons. The number of rotatable bonds is 5. The average molecular weight is 343 g/mol. The summed E-state index contributed by atoms with van der Waals surface area (Å²) in [6, 6.07) is 1.59. The molecule has 0 aliphatic heterocycles. The second kappa shape index (κ2) is 7.37. The number of nitrogens with one attached hydrogen (secondary N) is 1. The number of carbonyl (C=O) groups is 2. The second-order valence-electron chi connectivity index (χ2n) is 6.13. The van der Waals surface area contributed by atoms with Gasteiger partial charge >= 0.3 is 12.1 Å². The predicted octanol–water partition coefficient (Wildman–Crippen LogP) is 0.715. The van der Waals surface area contributed by atoms with Crippen molar-refractivity contribution in [3.63, 3.8) is 0 Å². The van der Waals surface area contributed by atoms with Gasteiger partial charge in [-0.15, -0.1) is 0 Å². The highest BCUT2D eigenvalue weighted by Gasteiger charge is 2.25. The predicted molar refractivity (Wildman–Crippen MR) is 81.9 cm³/mol. The van der Waals surface area contributed by atoms with Crippen molar-refractivity contribution in [3.05, 3.63) is 23.3 Å². The summed E-state index contributed by atoms with van der Waals surface area (Å²) in [5.41, 5.74) is -1.59. The van der Waals surface area contributed by atoms with Crippen LogP contribution in [0.5, 0.6) is 11.5 Å². The van der Waals surface area contributed by atoms with Crippen LogP contribution in [-0.2, 0) is 4.74 Å². The number of carboxylic acid groups (broad SMARTS) is 1. The number of carboxylic acids is 1. The number of ether oxygens (including phenoxy) is 1. The monoisotopic (exact) mass is 343 g/mol. The van der Waals surface area contributed by atoms with E-state index in [0.29, 0.717) is 0 Å². The summed E-state index contributed by atoms with van der Waals surface area (Å²) >= 11 is 0. The van der Waals surface area contributed by atoms with Gasteiger partial charge in [-0.1, -0.05) is 0 Å². The van der Waals surface area contributed by atoms with Gasteiger partial charge in [-0.25, -0.2) is 9.59 Å². The molecule has 9 nitrogen and oxygen atoms in total. The highest BCUT2D eigenvalue weighted by atomic mass is 16.6. The minimum Gasteiger partial charge on any atom is -0.507 e. The van der Waals surface area contributed by atoms with Crippen LogP contribution in [-0.4, -0.2) is 55.8 Å². The normalized spacial score (nSPS) is 13.9. The number of amides is 1. The molecule has 0 heterocycles. The summed E-state index contributed by atoms with van der Waals surface area (Å²) in [5.74, 6) is -2.75. The van der Waals surface area contributed by atoms with Crippen molar-refractivity contribution in [2.24, 2.45) is 0 Å². The maximum atomic E-state index is 11.5. The number of hydrogen-bond donors (Lipinski definition) is 6. The van der Waals surface area contributed by atoms with Gasteiger partial charge in [-0.3, -0.25) is 0 Å². The molecule has 1 amide bonds. The Morgan fingerprint density at radius 2 is 1.75 bits per heavy atom. The van der Waals surface area contributed by atoms with Crippen LogP contribution in [0.2, 0.25) is 0 Å². The van der Waals surface area contributed by atoms with Crippen LogP contribution in [0, 0.1) is 0 Å². The Bertz CT molecular complexity index is 623. The molecule has 0 bridgehead atoms. The quantitative estimate of drug-likeness (QED) is 0.456. The van der Waals surface area contributed by atoms with Gasteiger partial charge in [-0.05, 0) is 26.8 Å². The van der Waals surface area contributed by atoms with Crippen LogP contribution in [0.15, 0.2) is 12.1 Å². The molecule has 24 heavy (non-hydrogen) atoms. The average Bonchev–Trinajstić information content (AvgIpc) is 2.41. The third-order valence-corrected chi connectivity index (χ3v) is 2.91. The number of aromatic hydroxyl groups is 2. The molecule has 1 aromatic carbocycles. The lowest BCUT2D eigenvalue weighted by atomic mass is 10.00. The molecule has 0 spiro atoms. The Kier molecular flexibility index (Phi) is 5.99. The molecule has 2 unspecified atom stereocenters. The van der Waals surface area contributed by atoms with E-state index in [2.05, 4.69) is 5.32 Å². The summed E-state index contributed by atoms with van der Waals surface area (Å²) in [6.07, 6.45) is -4.05. The maximum Gasteiger partial charge on any atom is 0.407 e. The molecule has 0 aromatic heterocycles. The molecule has 0 aliphatic carbocycles. The molecule has 0 aliphatic rings. The summed E-state index contributed by atoms with van der Waals surface area (Å²) in [6.45, 7) is 4.55. The van der Waals surface area contributed by atoms with Gasteiger partial charge in [0.05, 0.1) is 0 Å². The zero-order valence-electron chi connectivity index (χ0n) is 13.5. The summed E-state index contributed by atoms with van der Waals surface area (Å²) in [7, 11) is 0. The molecule has 1 rings (SSSR count). The topological polar surface area (TPSA) is 157 Å². The van der Waals surface area contributed by atoms with E-state index in [0.717, 1.165) is 12.1 Å². The molecule has 134 valence electrons. The molecule has 0 fully saturated rings. The van der Waals surface area contributed by atoms with Crippen molar-refractivity contribution < 1.29 is 39.9 Å². The highest BCUT2D eigenvalue weighted by molar-refractivity contribution is 5.91. The van der Waals surface area contributed by atoms with Crippen LogP contribution < -0.4 is 5.32 Å². The Morgan fingerprint density at radius 3 is 2.25 bits per heavy atom. The first-order valence-electron chi connectivity index (χ1n) is 7.04. The standard InChI is InChI=1S/C15H21NO8/c1-15(2,3)24-14(23)16-6-11(19)12(20)7-4-8(13(21)22)10(18)5-9(7)17/h4-5,11-12,17-20H,6H2,1-3H3,(H,16,23)(H,21,22). The Balaban J connectivity index is 2.82. The number of phenols is 2. The van der Waals surface area contributed by atoms with E-state index in [1.165, 1.54) is 0 Å². The van der Waals surface area contributed by atoms with Gasteiger partial charge in [0.2, 0.25) is 0 Å². The number of aromatic carboxylic acids is 1. The summed E-state index contributed by atoms with van der Waals surface area (Å²) in [5, 5.41) is 50.2. The zero-order chi connectivity index (χ0) is 18.7. The molecular weight excluding hydrogens is 322 g/mol. The number of phenolic OH excluding ortho intramolecular Hbond substituents is 1. The highest BCUT2D eigenvalue weighted by Crippen LogP contribution is 2.32. The molecule has 6 N–H and O–H groups in total. The van der Waals surface area contributed by atoms with E-state index in [4.69, 9.17) is 9.84 Å². The smallest absolute Gasteiger partial charge is 0.407 e. The molecule has 1 aromatic rings. The van der Waals surface area contributed by atoms with E-state index < -0.39 is 53.5 Å². The SMILES string of the molecule is CC(C)(C)OC(=O)NCC(O)C(O)c1cc(C(=O)O)c(O)cc1O. The van der Waals surface area contributed by atoms with Crippen LogP contribution >= 0.6 is 0 Å². The number of aliphatic hydroxyl groups is 2. The van der Waals surface area contributed by atoms with Gasteiger partial charge < -0.3 is 35.6 Å². The van der Waals surface area contributed by atoms with Gasteiger partial charge in [0.25, 0.3) is 0 Å².